The van der Waals surface area contributed by atoms with E-state index in [0.717, 1.165) is 5.56 Å². The molecular weight excluding hydrogens is 184 g/mol. The smallest absolute Gasteiger partial charge is 0.160 e. The van der Waals surface area contributed by atoms with Gasteiger partial charge in [-0.1, -0.05) is 45.9 Å². The van der Waals surface area contributed by atoms with Gasteiger partial charge in [0.15, 0.2) is 5.78 Å². The molecular formula is C14H20O. The lowest BCUT2D eigenvalue weighted by Gasteiger charge is -2.14. The zero-order valence-electron chi connectivity index (χ0n) is 10.3. The summed E-state index contributed by atoms with van der Waals surface area (Å²) in [5.41, 5.74) is 3.35. The lowest BCUT2D eigenvalue weighted by Crippen LogP contribution is -2.03. The fraction of sp³-hybridized carbons (Fsp3) is 0.500. The maximum atomic E-state index is 11.5. The third kappa shape index (κ3) is 2.68. The molecule has 0 spiro atoms. The van der Waals surface area contributed by atoms with Gasteiger partial charge in [-0.2, -0.15) is 0 Å². The first kappa shape index (κ1) is 12.0. The van der Waals surface area contributed by atoms with Crippen LogP contribution in [0.1, 0.15) is 67.9 Å². The van der Waals surface area contributed by atoms with Gasteiger partial charge < -0.3 is 0 Å². The normalized spacial score (nSPS) is 11.1. The number of rotatable bonds is 3. The molecule has 0 fully saturated rings. The van der Waals surface area contributed by atoms with Crippen LogP contribution in [0.3, 0.4) is 0 Å². The number of Topliss-reactive ketones (excluding diaryl/α,β-unsaturated/α-hetero) is 1. The summed E-state index contributed by atoms with van der Waals surface area (Å²) in [6, 6.07) is 6.20. The topological polar surface area (TPSA) is 17.1 Å². The quantitative estimate of drug-likeness (QED) is 0.676. The number of hydrogen-bond donors (Lipinski definition) is 0. The molecule has 0 bridgehead atoms. The number of benzene rings is 1. The van der Waals surface area contributed by atoms with E-state index in [2.05, 4.69) is 39.8 Å². The molecule has 1 aromatic carbocycles. The van der Waals surface area contributed by atoms with Crippen LogP contribution in [0.25, 0.3) is 0 Å². The van der Waals surface area contributed by atoms with E-state index in [0.29, 0.717) is 11.8 Å². The molecule has 0 unspecified atom stereocenters. The van der Waals surface area contributed by atoms with Gasteiger partial charge in [-0.05, 0) is 29.9 Å². The summed E-state index contributed by atoms with van der Waals surface area (Å²) in [5.74, 6) is 1.08. The van der Waals surface area contributed by atoms with Crippen molar-refractivity contribution in [1.29, 1.82) is 0 Å². The number of carbonyl (C=O) groups excluding carboxylic acids is 1. The van der Waals surface area contributed by atoms with Crippen LogP contribution in [0.15, 0.2) is 18.2 Å². The Morgan fingerprint density at radius 1 is 1.07 bits per heavy atom. The maximum absolute atomic E-state index is 11.5. The maximum Gasteiger partial charge on any atom is 0.160 e. The van der Waals surface area contributed by atoms with Crippen LogP contribution >= 0.6 is 0 Å². The molecule has 0 N–H and O–H groups in total. The van der Waals surface area contributed by atoms with E-state index in [9.17, 15) is 4.79 Å². The first-order valence-electron chi connectivity index (χ1n) is 5.58. The third-order valence-electron chi connectivity index (χ3n) is 2.74. The lowest BCUT2D eigenvalue weighted by atomic mass is 9.90. The molecule has 0 aliphatic rings. The minimum atomic E-state index is 0.161. The minimum Gasteiger partial charge on any atom is -0.295 e. The average Bonchev–Trinajstić information content (AvgIpc) is 2.16. The average molecular weight is 204 g/mol. The summed E-state index contributed by atoms with van der Waals surface area (Å²) in [4.78, 5) is 11.5. The molecule has 0 amide bonds. The van der Waals surface area contributed by atoms with Gasteiger partial charge in [-0.15, -0.1) is 0 Å². The Morgan fingerprint density at radius 3 is 2.07 bits per heavy atom. The van der Waals surface area contributed by atoms with E-state index in [1.807, 2.05) is 6.07 Å². The molecule has 82 valence electrons. The van der Waals surface area contributed by atoms with Crippen LogP contribution < -0.4 is 0 Å². The Labute approximate surface area is 92.5 Å². The highest BCUT2D eigenvalue weighted by atomic mass is 16.1. The zero-order chi connectivity index (χ0) is 11.6. The Hall–Kier alpha value is -1.11. The molecule has 15 heavy (non-hydrogen) atoms. The van der Waals surface area contributed by atoms with Crippen molar-refractivity contribution in [3.8, 4) is 0 Å². The van der Waals surface area contributed by atoms with E-state index in [4.69, 9.17) is 0 Å². The highest BCUT2D eigenvalue weighted by Crippen LogP contribution is 2.25. The summed E-state index contributed by atoms with van der Waals surface area (Å²) in [7, 11) is 0. The molecule has 1 aromatic rings. The van der Waals surface area contributed by atoms with Gasteiger partial charge in [0.1, 0.15) is 0 Å². The molecule has 1 nitrogen and oxygen atoms in total. The van der Waals surface area contributed by atoms with E-state index >= 15 is 0 Å². The molecule has 0 aromatic heterocycles. The molecule has 0 heterocycles. The van der Waals surface area contributed by atoms with E-state index in [-0.39, 0.29) is 5.78 Å². The Kier molecular flexibility index (Phi) is 3.67. The van der Waals surface area contributed by atoms with E-state index < -0.39 is 0 Å². The molecule has 0 saturated heterocycles. The first-order valence-corrected chi connectivity index (χ1v) is 5.58. The van der Waals surface area contributed by atoms with Crippen LogP contribution in [0.2, 0.25) is 0 Å². The predicted octanol–water partition coefficient (Wildman–Crippen LogP) is 4.14. The van der Waals surface area contributed by atoms with Crippen molar-refractivity contribution in [3.63, 3.8) is 0 Å². The molecule has 0 atom stereocenters. The van der Waals surface area contributed by atoms with Gasteiger partial charge in [0.25, 0.3) is 0 Å². The second-order valence-corrected chi connectivity index (χ2v) is 4.71. The van der Waals surface area contributed by atoms with Crippen molar-refractivity contribution in [2.45, 2.75) is 46.5 Å². The monoisotopic (exact) mass is 204 g/mol. The van der Waals surface area contributed by atoms with Crippen LogP contribution in [0.5, 0.6) is 0 Å². The van der Waals surface area contributed by atoms with Gasteiger partial charge in [0.05, 0.1) is 0 Å². The number of ketones is 1. The molecule has 0 radical (unpaired) electrons. The van der Waals surface area contributed by atoms with Gasteiger partial charge in [0.2, 0.25) is 0 Å². The van der Waals surface area contributed by atoms with E-state index in [1.165, 1.54) is 11.1 Å². The van der Waals surface area contributed by atoms with Gasteiger partial charge in [0, 0.05) is 5.56 Å². The van der Waals surface area contributed by atoms with Crippen LogP contribution in [-0.2, 0) is 0 Å². The Balaban J connectivity index is 3.27. The number of carbonyl (C=O) groups is 1. The minimum absolute atomic E-state index is 0.161. The van der Waals surface area contributed by atoms with Gasteiger partial charge in [-0.25, -0.2) is 0 Å². The second kappa shape index (κ2) is 4.61. The highest BCUT2D eigenvalue weighted by molar-refractivity contribution is 5.95. The first-order chi connectivity index (χ1) is 6.93. The van der Waals surface area contributed by atoms with E-state index in [1.54, 1.807) is 6.92 Å². The van der Waals surface area contributed by atoms with Crippen molar-refractivity contribution in [2.24, 2.45) is 0 Å². The molecule has 1 rings (SSSR count). The van der Waals surface area contributed by atoms with Crippen molar-refractivity contribution in [2.75, 3.05) is 0 Å². The summed E-state index contributed by atoms with van der Waals surface area (Å²) in [5, 5.41) is 0. The molecule has 0 saturated carbocycles. The second-order valence-electron chi connectivity index (χ2n) is 4.71. The zero-order valence-corrected chi connectivity index (χ0v) is 10.3. The fourth-order valence-corrected chi connectivity index (χ4v) is 1.74. The molecule has 0 aliphatic heterocycles. The lowest BCUT2D eigenvalue weighted by molar-refractivity contribution is 0.101. The van der Waals surface area contributed by atoms with Gasteiger partial charge >= 0.3 is 0 Å². The van der Waals surface area contributed by atoms with Gasteiger partial charge in [-0.3, -0.25) is 4.79 Å². The van der Waals surface area contributed by atoms with Crippen molar-refractivity contribution in [1.82, 2.24) is 0 Å². The van der Waals surface area contributed by atoms with Crippen LogP contribution in [-0.4, -0.2) is 5.78 Å². The largest absolute Gasteiger partial charge is 0.295 e. The SMILES string of the molecule is CC(=O)c1ccc(C(C)C)cc1C(C)C. The van der Waals surface area contributed by atoms with Crippen molar-refractivity contribution in [3.05, 3.63) is 34.9 Å². The van der Waals surface area contributed by atoms with Crippen LogP contribution in [0.4, 0.5) is 0 Å². The Morgan fingerprint density at radius 2 is 1.67 bits per heavy atom. The Bertz CT molecular complexity index is 362. The van der Waals surface area contributed by atoms with Crippen molar-refractivity contribution < 1.29 is 4.79 Å². The molecule has 1 heteroatoms. The van der Waals surface area contributed by atoms with Crippen LogP contribution in [0, 0.1) is 0 Å². The summed E-state index contributed by atoms with van der Waals surface area (Å²) in [6.07, 6.45) is 0. The van der Waals surface area contributed by atoms with Crippen molar-refractivity contribution >= 4 is 5.78 Å². The molecule has 0 aliphatic carbocycles. The summed E-state index contributed by atoms with van der Waals surface area (Å²) < 4.78 is 0. The predicted molar refractivity (Wildman–Crippen MR) is 64.6 cm³/mol. The fourth-order valence-electron chi connectivity index (χ4n) is 1.74. The standard InChI is InChI=1S/C14H20O/c1-9(2)12-6-7-13(11(5)15)14(8-12)10(3)4/h6-10H,1-5H3. The summed E-state index contributed by atoms with van der Waals surface area (Å²) >= 11 is 0. The third-order valence-corrected chi connectivity index (χ3v) is 2.74. The summed E-state index contributed by atoms with van der Waals surface area (Å²) in [6.45, 7) is 10.2. The highest BCUT2D eigenvalue weighted by Gasteiger charge is 2.12. The number of hydrogen-bond acceptors (Lipinski definition) is 1.